The molecule has 3 aromatic rings. The first-order valence-corrected chi connectivity index (χ1v) is 8.52. The largest absolute Gasteiger partial charge is 0.350 e. The zero-order valence-corrected chi connectivity index (χ0v) is 14.6. The summed E-state index contributed by atoms with van der Waals surface area (Å²) in [5.74, 6) is -0.511. The first kappa shape index (κ1) is 18.3. The second-order valence-corrected chi connectivity index (χ2v) is 5.99. The van der Waals surface area contributed by atoms with Crippen molar-refractivity contribution in [3.8, 4) is 0 Å². The molecule has 0 saturated carbocycles. The van der Waals surface area contributed by atoms with E-state index in [0.29, 0.717) is 23.4 Å². The third-order valence-corrected chi connectivity index (χ3v) is 4.06. The molecule has 0 radical (unpaired) electrons. The number of rotatable bonds is 6. The van der Waals surface area contributed by atoms with Crippen LogP contribution in [0.25, 0.3) is 0 Å². The van der Waals surface area contributed by atoms with Crippen LogP contribution in [-0.2, 0) is 11.3 Å². The SMILES string of the molecule is N[C@H](C(=O)NCc1ccccc1)c1ccc(C(=O)Nc2ccncc2)cc1. The molecule has 0 saturated heterocycles. The molecule has 4 N–H and O–H groups in total. The van der Waals surface area contributed by atoms with Gasteiger partial charge in [-0.15, -0.1) is 0 Å². The minimum Gasteiger partial charge on any atom is -0.350 e. The number of amides is 2. The lowest BCUT2D eigenvalue weighted by Gasteiger charge is -2.13. The lowest BCUT2D eigenvalue weighted by molar-refractivity contribution is -0.122. The van der Waals surface area contributed by atoms with Gasteiger partial charge < -0.3 is 16.4 Å². The van der Waals surface area contributed by atoms with Gasteiger partial charge in [-0.25, -0.2) is 0 Å². The van der Waals surface area contributed by atoms with E-state index < -0.39 is 6.04 Å². The monoisotopic (exact) mass is 360 g/mol. The average molecular weight is 360 g/mol. The van der Waals surface area contributed by atoms with Gasteiger partial charge in [0.1, 0.15) is 6.04 Å². The van der Waals surface area contributed by atoms with Crippen LogP contribution >= 0.6 is 0 Å². The van der Waals surface area contributed by atoms with E-state index in [1.165, 1.54) is 0 Å². The van der Waals surface area contributed by atoms with E-state index in [1.807, 2.05) is 30.3 Å². The average Bonchev–Trinajstić information content (AvgIpc) is 2.73. The highest BCUT2D eigenvalue weighted by Crippen LogP contribution is 2.14. The van der Waals surface area contributed by atoms with Crippen molar-refractivity contribution in [2.24, 2.45) is 5.73 Å². The summed E-state index contributed by atoms with van der Waals surface area (Å²) < 4.78 is 0. The van der Waals surface area contributed by atoms with E-state index >= 15 is 0 Å². The number of carbonyl (C=O) groups excluding carboxylic acids is 2. The number of nitrogens with zero attached hydrogens (tertiary/aromatic N) is 1. The highest BCUT2D eigenvalue weighted by molar-refractivity contribution is 6.04. The second kappa shape index (κ2) is 8.73. The Morgan fingerprint density at radius 1 is 0.926 bits per heavy atom. The van der Waals surface area contributed by atoms with Crippen molar-refractivity contribution in [1.29, 1.82) is 0 Å². The molecule has 1 aromatic heterocycles. The molecule has 0 aliphatic heterocycles. The van der Waals surface area contributed by atoms with E-state index in [2.05, 4.69) is 15.6 Å². The van der Waals surface area contributed by atoms with Gasteiger partial charge in [0.05, 0.1) is 0 Å². The fraction of sp³-hybridized carbons (Fsp3) is 0.0952. The van der Waals surface area contributed by atoms with Gasteiger partial charge >= 0.3 is 0 Å². The Labute approximate surface area is 157 Å². The maximum atomic E-state index is 12.3. The molecule has 6 heteroatoms. The van der Waals surface area contributed by atoms with Gasteiger partial charge in [0.15, 0.2) is 0 Å². The predicted octanol–water partition coefficient (Wildman–Crippen LogP) is 2.65. The molecule has 6 nitrogen and oxygen atoms in total. The van der Waals surface area contributed by atoms with Crippen molar-refractivity contribution in [3.05, 3.63) is 95.8 Å². The topological polar surface area (TPSA) is 97.1 Å². The van der Waals surface area contributed by atoms with Crippen molar-refractivity contribution >= 4 is 17.5 Å². The van der Waals surface area contributed by atoms with Crippen molar-refractivity contribution in [1.82, 2.24) is 10.3 Å². The molecule has 3 rings (SSSR count). The summed E-state index contributed by atoms with van der Waals surface area (Å²) in [7, 11) is 0. The van der Waals surface area contributed by atoms with E-state index in [-0.39, 0.29) is 11.8 Å². The van der Waals surface area contributed by atoms with E-state index in [9.17, 15) is 9.59 Å². The Balaban J connectivity index is 1.58. The maximum absolute atomic E-state index is 12.3. The van der Waals surface area contributed by atoms with Crippen LogP contribution in [0.15, 0.2) is 79.1 Å². The standard InChI is InChI=1S/C21H20N4O2/c22-19(21(27)24-14-15-4-2-1-3-5-15)16-6-8-17(9-7-16)20(26)25-18-10-12-23-13-11-18/h1-13,19H,14,22H2,(H,24,27)(H,23,25,26)/t19-/m0/s1. The number of nitrogens with two attached hydrogens (primary N) is 1. The molecule has 1 heterocycles. The third kappa shape index (κ3) is 4.99. The van der Waals surface area contributed by atoms with Gasteiger partial charge in [-0.2, -0.15) is 0 Å². The Morgan fingerprint density at radius 3 is 2.26 bits per heavy atom. The molecule has 1 atom stereocenters. The van der Waals surface area contributed by atoms with Crippen molar-refractivity contribution in [2.75, 3.05) is 5.32 Å². The molecule has 0 spiro atoms. The number of nitrogens with one attached hydrogen (secondary N) is 2. The molecule has 0 bridgehead atoms. The molecule has 2 amide bonds. The van der Waals surface area contributed by atoms with Gasteiger partial charge in [0.25, 0.3) is 5.91 Å². The summed E-state index contributed by atoms with van der Waals surface area (Å²) in [4.78, 5) is 28.4. The van der Waals surface area contributed by atoms with Gasteiger partial charge in [0.2, 0.25) is 5.91 Å². The molecule has 2 aromatic carbocycles. The van der Waals surface area contributed by atoms with Crippen molar-refractivity contribution in [2.45, 2.75) is 12.6 Å². The van der Waals surface area contributed by atoms with E-state index in [0.717, 1.165) is 5.56 Å². The minimum atomic E-state index is -0.800. The van der Waals surface area contributed by atoms with Crippen LogP contribution in [0.3, 0.4) is 0 Å². The summed E-state index contributed by atoms with van der Waals surface area (Å²) in [6.07, 6.45) is 3.21. The summed E-state index contributed by atoms with van der Waals surface area (Å²) in [5, 5.41) is 5.60. The molecule has 0 fully saturated rings. The maximum Gasteiger partial charge on any atom is 0.255 e. The van der Waals surface area contributed by atoms with Gasteiger partial charge in [0, 0.05) is 30.2 Å². The number of anilines is 1. The van der Waals surface area contributed by atoms with Gasteiger partial charge in [-0.1, -0.05) is 42.5 Å². The summed E-state index contributed by atoms with van der Waals surface area (Å²) >= 11 is 0. The summed E-state index contributed by atoms with van der Waals surface area (Å²) in [5.41, 5.74) is 8.82. The Kier molecular flexibility index (Phi) is 5.91. The number of hydrogen-bond donors (Lipinski definition) is 3. The fourth-order valence-corrected chi connectivity index (χ4v) is 2.53. The molecule has 0 aliphatic carbocycles. The van der Waals surface area contributed by atoms with Crippen LogP contribution in [-0.4, -0.2) is 16.8 Å². The molecular weight excluding hydrogens is 340 g/mol. The van der Waals surface area contributed by atoms with Gasteiger partial charge in [-0.3, -0.25) is 14.6 Å². The van der Waals surface area contributed by atoms with E-state index in [1.54, 1.807) is 48.8 Å². The lowest BCUT2D eigenvalue weighted by atomic mass is 10.0. The van der Waals surface area contributed by atoms with Gasteiger partial charge in [-0.05, 0) is 35.4 Å². The number of hydrogen-bond acceptors (Lipinski definition) is 4. The number of benzene rings is 2. The second-order valence-electron chi connectivity index (χ2n) is 5.99. The normalized spacial score (nSPS) is 11.4. The van der Waals surface area contributed by atoms with Crippen LogP contribution in [0.2, 0.25) is 0 Å². The molecular formula is C21H20N4O2. The Morgan fingerprint density at radius 2 is 1.59 bits per heavy atom. The number of pyridine rings is 1. The lowest BCUT2D eigenvalue weighted by Crippen LogP contribution is -2.33. The Hall–Kier alpha value is -3.51. The van der Waals surface area contributed by atoms with Crippen LogP contribution < -0.4 is 16.4 Å². The predicted molar refractivity (Wildman–Crippen MR) is 104 cm³/mol. The smallest absolute Gasteiger partial charge is 0.255 e. The van der Waals surface area contributed by atoms with Crippen LogP contribution in [0.1, 0.15) is 27.5 Å². The van der Waals surface area contributed by atoms with Crippen molar-refractivity contribution in [3.63, 3.8) is 0 Å². The minimum absolute atomic E-state index is 0.241. The van der Waals surface area contributed by atoms with Crippen LogP contribution in [0.4, 0.5) is 5.69 Å². The fourth-order valence-electron chi connectivity index (χ4n) is 2.53. The van der Waals surface area contributed by atoms with E-state index in [4.69, 9.17) is 5.73 Å². The highest BCUT2D eigenvalue weighted by Gasteiger charge is 2.16. The van der Waals surface area contributed by atoms with Crippen LogP contribution in [0.5, 0.6) is 0 Å². The number of aromatic nitrogens is 1. The quantitative estimate of drug-likeness (QED) is 0.629. The Bertz CT molecular complexity index is 896. The number of carbonyl (C=O) groups is 2. The molecule has 27 heavy (non-hydrogen) atoms. The summed E-state index contributed by atoms with van der Waals surface area (Å²) in [6.45, 7) is 0.416. The summed E-state index contributed by atoms with van der Waals surface area (Å²) in [6, 6.07) is 18.9. The molecule has 136 valence electrons. The first-order valence-electron chi connectivity index (χ1n) is 8.52. The first-order chi connectivity index (χ1) is 13.1. The molecule has 0 aliphatic rings. The zero-order chi connectivity index (χ0) is 19.1. The van der Waals surface area contributed by atoms with Crippen molar-refractivity contribution < 1.29 is 9.59 Å². The molecule has 0 unspecified atom stereocenters. The zero-order valence-electron chi connectivity index (χ0n) is 14.6. The van der Waals surface area contributed by atoms with Crippen LogP contribution in [0, 0.1) is 0 Å². The third-order valence-electron chi connectivity index (χ3n) is 4.06. The highest BCUT2D eigenvalue weighted by atomic mass is 16.2.